The lowest BCUT2D eigenvalue weighted by Crippen LogP contribution is -2.35. The fourth-order valence-corrected chi connectivity index (χ4v) is 4.84. The van der Waals surface area contributed by atoms with E-state index in [1.54, 1.807) is 28.6 Å². The van der Waals surface area contributed by atoms with Gasteiger partial charge in [0.1, 0.15) is 0 Å². The summed E-state index contributed by atoms with van der Waals surface area (Å²) in [5.74, 6) is 0.722. The fraction of sp³-hybridized carbons (Fsp3) is 0.300. The summed E-state index contributed by atoms with van der Waals surface area (Å²) in [4.78, 5) is 0.261. The van der Waals surface area contributed by atoms with Gasteiger partial charge in [-0.1, -0.05) is 30.2 Å². The molecule has 1 fully saturated rings. The maximum atomic E-state index is 12.9. The summed E-state index contributed by atoms with van der Waals surface area (Å²) in [6.45, 7) is 3.14. The van der Waals surface area contributed by atoms with E-state index in [-0.39, 0.29) is 4.90 Å². The predicted molar refractivity (Wildman–Crippen MR) is 103 cm³/mol. The van der Waals surface area contributed by atoms with Crippen LogP contribution in [-0.4, -0.2) is 36.0 Å². The first-order valence-corrected chi connectivity index (χ1v) is 10.5. The number of rotatable bonds is 4. The van der Waals surface area contributed by atoms with Crippen LogP contribution in [-0.2, 0) is 10.0 Å². The van der Waals surface area contributed by atoms with E-state index in [4.69, 9.17) is 4.42 Å². The van der Waals surface area contributed by atoms with Crippen molar-refractivity contribution in [3.8, 4) is 22.9 Å². The summed E-state index contributed by atoms with van der Waals surface area (Å²) < 4.78 is 33.1. The number of hydrogen-bond acceptors (Lipinski definition) is 5. The third-order valence-electron chi connectivity index (χ3n) is 4.72. The topological polar surface area (TPSA) is 76.3 Å². The van der Waals surface area contributed by atoms with Crippen molar-refractivity contribution < 1.29 is 12.8 Å². The zero-order valence-electron chi connectivity index (χ0n) is 15.1. The van der Waals surface area contributed by atoms with E-state index in [2.05, 4.69) is 10.2 Å². The lowest BCUT2D eigenvalue weighted by molar-refractivity contribution is 0.346. The van der Waals surface area contributed by atoms with Gasteiger partial charge in [0.2, 0.25) is 21.8 Å². The standard InChI is InChI=1S/C20H21N3O3S/c1-15-7-5-8-16(13-15)19-21-22-20(26-19)17-9-6-10-18(14-17)27(24,25)23-11-3-2-4-12-23/h5-10,13-14H,2-4,11-12H2,1H3. The Hall–Kier alpha value is -2.51. The van der Waals surface area contributed by atoms with Crippen LogP contribution in [0, 0.1) is 6.92 Å². The molecule has 1 aliphatic rings. The molecule has 0 N–H and O–H groups in total. The van der Waals surface area contributed by atoms with Crippen molar-refractivity contribution >= 4 is 10.0 Å². The number of sulfonamides is 1. The van der Waals surface area contributed by atoms with Gasteiger partial charge in [-0.05, 0) is 50.1 Å². The van der Waals surface area contributed by atoms with Crippen LogP contribution in [0.25, 0.3) is 22.9 Å². The first-order chi connectivity index (χ1) is 13.0. The van der Waals surface area contributed by atoms with Crippen LogP contribution in [0.4, 0.5) is 0 Å². The molecule has 0 spiro atoms. The molecule has 1 saturated heterocycles. The molecular formula is C20H21N3O3S. The Balaban J connectivity index is 1.65. The third kappa shape index (κ3) is 3.65. The highest BCUT2D eigenvalue weighted by Gasteiger charge is 2.26. The van der Waals surface area contributed by atoms with Gasteiger partial charge in [0, 0.05) is 24.2 Å². The normalized spacial score (nSPS) is 15.7. The van der Waals surface area contributed by atoms with Crippen molar-refractivity contribution in [3.05, 3.63) is 54.1 Å². The van der Waals surface area contributed by atoms with Crippen LogP contribution in [0.2, 0.25) is 0 Å². The first kappa shape index (κ1) is 17.9. The number of nitrogens with zero attached hydrogens (tertiary/aromatic N) is 3. The number of aryl methyl sites for hydroxylation is 1. The summed E-state index contributed by atoms with van der Waals surface area (Å²) in [6, 6.07) is 14.5. The second kappa shape index (κ2) is 7.25. The van der Waals surface area contributed by atoms with Gasteiger partial charge in [-0.3, -0.25) is 0 Å². The Bertz CT molecular complexity index is 1050. The summed E-state index contributed by atoms with van der Waals surface area (Å²) >= 11 is 0. The van der Waals surface area contributed by atoms with Gasteiger partial charge in [0.05, 0.1) is 4.90 Å². The molecule has 0 aliphatic carbocycles. The SMILES string of the molecule is Cc1cccc(-c2nnc(-c3cccc(S(=O)(=O)N4CCCCC4)c3)o2)c1. The Kier molecular flexibility index (Phi) is 4.80. The number of hydrogen-bond donors (Lipinski definition) is 0. The molecular weight excluding hydrogens is 362 g/mol. The fourth-order valence-electron chi connectivity index (χ4n) is 3.28. The lowest BCUT2D eigenvalue weighted by atomic mass is 10.1. The Morgan fingerprint density at radius 1 is 0.889 bits per heavy atom. The smallest absolute Gasteiger partial charge is 0.248 e. The van der Waals surface area contributed by atoms with Crippen molar-refractivity contribution in [1.82, 2.24) is 14.5 Å². The Morgan fingerprint density at radius 3 is 2.19 bits per heavy atom. The number of piperidine rings is 1. The molecule has 0 amide bonds. The average molecular weight is 383 g/mol. The molecule has 1 aliphatic heterocycles. The molecule has 0 bridgehead atoms. The van der Waals surface area contributed by atoms with Gasteiger partial charge in [0.15, 0.2) is 0 Å². The molecule has 0 unspecified atom stereocenters. The molecule has 7 heteroatoms. The minimum absolute atomic E-state index is 0.261. The summed E-state index contributed by atoms with van der Waals surface area (Å²) in [7, 11) is -3.50. The van der Waals surface area contributed by atoms with Crippen LogP contribution in [0.15, 0.2) is 57.8 Å². The van der Waals surface area contributed by atoms with Crippen molar-refractivity contribution in [3.63, 3.8) is 0 Å². The summed E-state index contributed by atoms with van der Waals surface area (Å²) in [5, 5.41) is 8.21. The molecule has 2 heterocycles. The molecule has 6 nitrogen and oxygen atoms in total. The third-order valence-corrected chi connectivity index (χ3v) is 6.62. The minimum atomic E-state index is -3.50. The van der Waals surface area contributed by atoms with Crippen molar-refractivity contribution in [2.24, 2.45) is 0 Å². The lowest BCUT2D eigenvalue weighted by Gasteiger charge is -2.25. The zero-order chi connectivity index (χ0) is 18.9. The van der Waals surface area contributed by atoms with E-state index in [1.807, 2.05) is 31.2 Å². The first-order valence-electron chi connectivity index (χ1n) is 9.05. The monoisotopic (exact) mass is 383 g/mol. The largest absolute Gasteiger partial charge is 0.416 e. The predicted octanol–water partition coefficient (Wildman–Crippen LogP) is 3.89. The van der Waals surface area contributed by atoms with E-state index in [1.165, 1.54) is 0 Å². The van der Waals surface area contributed by atoms with Crippen LogP contribution in [0.5, 0.6) is 0 Å². The molecule has 4 rings (SSSR count). The molecule has 1 aromatic heterocycles. The van der Waals surface area contributed by atoms with Gasteiger partial charge in [-0.15, -0.1) is 10.2 Å². The van der Waals surface area contributed by atoms with Gasteiger partial charge in [-0.2, -0.15) is 4.31 Å². The van der Waals surface area contributed by atoms with E-state index >= 15 is 0 Å². The highest BCUT2D eigenvalue weighted by atomic mass is 32.2. The van der Waals surface area contributed by atoms with Gasteiger partial charge < -0.3 is 4.42 Å². The van der Waals surface area contributed by atoms with Gasteiger partial charge in [-0.25, -0.2) is 8.42 Å². The minimum Gasteiger partial charge on any atom is -0.416 e. The van der Waals surface area contributed by atoms with E-state index in [9.17, 15) is 8.42 Å². The van der Waals surface area contributed by atoms with Crippen LogP contribution < -0.4 is 0 Å². The molecule has 0 atom stereocenters. The number of benzene rings is 2. The van der Waals surface area contributed by atoms with Crippen molar-refractivity contribution in [1.29, 1.82) is 0 Å². The Morgan fingerprint density at radius 2 is 1.52 bits per heavy atom. The molecule has 140 valence electrons. The van der Waals surface area contributed by atoms with Crippen molar-refractivity contribution in [2.75, 3.05) is 13.1 Å². The maximum Gasteiger partial charge on any atom is 0.248 e. The van der Waals surface area contributed by atoms with E-state index < -0.39 is 10.0 Å². The van der Waals surface area contributed by atoms with E-state index in [0.29, 0.717) is 30.4 Å². The van der Waals surface area contributed by atoms with Gasteiger partial charge >= 0.3 is 0 Å². The van der Waals surface area contributed by atoms with Crippen LogP contribution in [0.3, 0.4) is 0 Å². The average Bonchev–Trinajstić information content (AvgIpc) is 3.19. The summed E-state index contributed by atoms with van der Waals surface area (Å²) in [6.07, 6.45) is 2.89. The highest BCUT2D eigenvalue weighted by Crippen LogP contribution is 2.27. The molecule has 27 heavy (non-hydrogen) atoms. The molecule has 3 aromatic rings. The zero-order valence-corrected chi connectivity index (χ0v) is 15.9. The van der Waals surface area contributed by atoms with Crippen LogP contribution in [0.1, 0.15) is 24.8 Å². The molecule has 0 radical (unpaired) electrons. The quantitative estimate of drug-likeness (QED) is 0.683. The number of aromatic nitrogens is 2. The second-order valence-electron chi connectivity index (χ2n) is 6.77. The second-order valence-corrected chi connectivity index (χ2v) is 8.71. The van der Waals surface area contributed by atoms with E-state index in [0.717, 1.165) is 30.4 Å². The van der Waals surface area contributed by atoms with Gasteiger partial charge in [0.25, 0.3) is 0 Å². The summed E-state index contributed by atoms with van der Waals surface area (Å²) in [5.41, 5.74) is 2.53. The highest BCUT2D eigenvalue weighted by molar-refractivity contribution is 7.89. The molecule has 0 saturated carbocycles. The van der Waals surface area contributed by atoms with Crippen LogP contribution >= 0.6 is 0 Å². The van der Waals surface area contributed by atoms with Crippen molar-refractivity contribution in [2.45, 2.75) is 31.1 Å². The Labute approximate surface area is 158 Å². The maximum absolute atomic E-state index is 12.9. The molecule has 2 aromatic carbocycles.